The van der Waals surface area contributed by atoms with E-state index < -0.39 is 51.4 Å². The molecule has 0 aliphatic heterocycles. The van der Waals surface area contributed by atoms with E-state index in [-0.39, 0.29) is 62.1 Å². The second-order valence-corrected chi connectivity index (χ2v) is 12.9. The maximum Gasteiger partial charge on any atom is 0.294 e. The molecule has 14 nitrogen and oxygen atoms in total. The molecule has 0 aromatic heterocycles. The molecule has 0 aliphatic rings. The van der Waals surface area contributed by atoms with E-state index in [1.54, 1.807) is 0 Å². The largest absolute Gasteiger partial charge is 0.506 e. The summed E-state index contributed by atoms with van der Waals surface area (Å²) < 4.78 is 89.5. The van der Waals surface area contributed by atoms with Crippen LogP contribution in [0.5, 0.6) is 11.5 Å². The van der Waals surface area contributed by atoms with Crippen LogP contribution in [0.3, 0.4) is 0 Å². The first-order valence-corrected chi connectivity index (χ1v) is 15.4. The molecule has 0 aliphatic carbocycles. The molecule has 213 valence electrons. The molecule has 4 aromatic rings. The summed E-state index contributed by atoms with van der Waals surface area (Å²) in [5.74, 6) is -0.793. The van der Waals surface area contributed by atoms with E-state index in [0.29, 0.717) is 0 Å². The molecule has 0 saturated carbocycles. The molecule has 42 heavy (non-hydrogen) atoms. The molecule has 1 radical (unpaired) electrons. The third-order valence-electron chi connectivity index (χ3n) is 5.33. The van der Waals surface area contributed by atoms with Gasteiger partial charge >= 0.3 is 0 Å². The van der Waals surface area contributed by atoms with Gasteiger partial charge in [-0.1, -0.05) is 0 Å². The summed E-state index contributed by atoms with van der Waals surface area (Å²) in [6.07, 6.45) is 0. The van der Waals surface area contributed by atoms with Gasteiger partial charge < -0.3 is 10.2 Å². The van der Waals surface area contributed by atoms with Crippen LogP contribution in [0.25, 0.3) is 0 Å². The Morgan fingerprint density at radius 1 is 0.452 bits per heavy atom. The maximum absolute atomic E-state index is 13.0. The fraction of sp³-hybridized carbons (Fsp3) is 0. The van der Waals surface area contributed by atoms with Gasteiger partial charge in [-0.3, -0.25) is 9.11 Å². The average molecular weight is 642 g/mol. The Morgan fingerprint density at radius 2 is 0.762 bits per heavy atom. The predicted molar refractivity (Wildman–Crippen MR) is 148 cm³/mol. The molecule has 0 spiro atoms. The number of benzene rings is 4. The number of hydrogen-bond donors (Lipinski definition) is 4. The number of phenols is 2. The third kappa shape index (κ3) is 7.84. The molecule has 18 heteroatoms. The number of phenolic OH excluding ortho intramolecular Hbond substituents is 2. The fourth-order valence-corrected chi connectivity index (χ4v) is 5.49. The summed E-state index contributed by atoms with van der Waals surface area (Å²) in [5.41, 5.74) is -0.124. The van der Waals surface area contributed by atoms with Crippen LogP contribution in [0.15, 0.2) is 125 Å². The fourth-order valence-electron chi connectivity index (χ4n) is 3.23. The van der Waals surface area contributed by atoms with Gasteiger partial charge in [0.1, 0.15) is 22.9 Å². The Morgan fingerprint density at radius 3 is 1.07 bits per heavy atom. The molecule has 0 heterocycles. The van der Waals surface area contributed by atoms with E-state index in [1.807, 2.05) is 0 Å². The Balaban J connectivity index is 0.00000484. The standard InChI is InChI=1S/C24H18N4O10S3.Na/c29-23-11-9-19(40(33,34)35)13-21(23)27-25-15-1-5-17(6-2-15)39(31,32)18-7-3-16(4-8-18)26-28-22-14-20(41(36,37)38)10-12-24(22)30;/h1-14,29-30H,(H,33,34,35)(H,36,37,38);. The number of nitrogens with zero attached hydrogens (tertiary/aromatic N) is 4. The van der Waals surface area contributed by atoms with Crippen LogP contribution in [0, 0.1) is 0 Å². The van der Waals surface area contributed by atoms with Crippen molar-refractivity contribution in [3.8, 4) is 11.5 Å². The SMILES string of the molecule is O=S(=O)(O)c1ccc(O)c(N=Nc2ccc(S(=O)(=O)c3ccc(N=Nc4cc(S(=O)(=O)O)ccc4O)cc3)cc2)c1.[Na]. The van der Waals surface area contributed by atoms with Gasteiger partial charge in [0.25, 0.3) is 20.2 Å². The molecule has 0 atom stereocenters. The minimum atomic E-state index is -4.53. The summed E-state index contributed by atoms with van der Waals surface area (Å²) >= 11 is 0. The van der Waals surface area contributed by atoms with Crippen LogP contribution in [0.1, 0.15) is 0 Å². The number of aromatic hydroxyl groups is 2. The molecule has 0 bridgehead atoms. The Hall–Kier alpha value is -3.55. The van der Waals surface area contributed by atoms with Crippen LogP contribution in [0.2, 0.25) is 0 Å². The number of sulfone groups is 1. The summed E-state index contributed by atoms with van der Waals surface area (Å²) in [7, 11) is -13.0. The van der Waals surface area contributed by atoms with Gasteiger partial charge in [0.2, 0.25) is 9.84 Å². The molecule has 0 saturated heterocycles. The van der Waals surface area contributed by atoms with E-state index in [2.05, 4.69) is 20.5 Å². The first kappa shape index (κ1) is 33.0. The Kier molecular flexibility index (Phi) is 10.0. The van der Waals surface area contributed by atoms with Gasteiger partial charge in [-0.05, 0) is 84.9 Å². The van der Waals surface area contributed by atoms with Crippen LogP contribution in [-0.4, -0.2) is 74.1 Å². The normalized spacial score (nSPS) is 12.4. The second-order valence-electron chi connectivity index (χ2n) is 8.14. The molecule has 4 N–H and O–H groups in total. The summed E-state index contributed by atoms with van der Waals surface area (Å²) in [4.78, 5) is -1.17. The number of hydrogen-bond acceptors (Lipinski definition) is 12. The average Bonchev–Trinajstić information content (AvgIpc) is 2.91. The molecule has 0 unspecified atom stereocenters. The van der Waals surface area contributed by atoms with Gasteiger partial charge in [0.05, 0.1) is 31.0 Å². The second kappa shape index (κ2) is 12.8. The summed E-state index contributed by atoms with van der Waals surface area (Å²) in [5, 5.41) is 34.9. The van der Waals surface area contributed by atoms with Gasteiger partial charge in [0.15, 0.2) is 0 Å². The van der Waals surface area contributed by atoms with Crippen molar-refractivity contribution >= 4 is 82.4 Å². The minimum Gasteiger partial charge on any atom is -0.506 e. The molecule has 4 rings (SSSR count). The zero-order valence-electron chi connectivity index (χ0n) is 21.3. The number of rotatable bonds is 8. The van der Waals surface area contributed by atoms with Crippen LogP contribution < -0.4 is 0 Å². The first-order valence-electron chi connectivity index (χ1n) is 11.0. The van der Waals surface area contributed by atoms with Crippen LogP contribution in [0.4, 0.5) is 22.7 Å². The van der Waals surface area contributed by atoms with Crippen molar-refractivity contribution in [3.63, 3.8) is 0 Å². The zero-order valence-corrected chi connectivity index (χ0v) is 25.8. The molecule has 0 amide bonds. The van der Waals surface area contributed by atoms with Gasteiger partial charge in [-0.25, -0.2) is 8.42 Å². The topological polar surface area (TPSA) is 233 Å². The quantitative estimate of drug-likeness (QED) is 0.116. The van der Waals surface area contributed by atoms with E-state index in [9.17, 15) is 35.5 Å². The minimum absolute atomic E-state index is 0. The first-order chi connectivity index (χ1) is 19.1. The zero-order chi connectivity index (χ0) is 30.0. The van der Waals surface area contributed by atoms with Gasteiger partial charge in [-0.15, -0.1) is 10.2 Å². The van der Waals surface area contributed by atoms with Crippen molar-refractivity contribution in [1.29, 1.82) is 0 Å². The van der Waals surface area contributed by atoms with Crippen LogP contribution in [-0.2, 0) is 30.1 Å². The molecule has 0 fully saturated rings. The predicted octanol–water partition coefficient (Wildman–Crippen LogP) is 4.87. The summed E-state index contributed by atoms with van der Waals surface area (Å²) in [6.45, 7) is 0. The van der Waals surface area contributed by atoms with Gasteiger partial charge in [0, 0.05) is 29.6 Å². The third-order valence-corrected chi connectivity index (χ3v) is 8.81. The maximum atomic E-state index is 13.0. The van der Waals surface area contributed by atoms with Crippen molar-refractivity contribution in [3.05, 3.63) is 84.9 Å². The van der Waals surface area contributed by atoms with E-state index in [0.717, 1.165) is 36.4 Å². The van der Waals surface area contributed by atoms with Crippen molar-refractivity contribution in [2.75, 3.05) is 0 Å². The Bertz CT molecular complexity index is 1870. The van der Waals surface area contributed by atoms with Crippen molar-refractivity contribution in [1.82, 2.24) is 0 Å². The number of azo groups is 2. The monoisotopic (exact) mass is 641 g/mol. The van der Waals surface area contributed by atoms with Crippen molar-refractivity contribution in [2.24, 2.45) is 20.5 Å². The molecular formula is C24H18N4NaO10S3. The van der Waals surface area contributed by atoms with E-state index >= 15 is 0 Å². The molecule has 4 aromatic carbocycles. The van der Waals surface area contributed by atoms with E-state index in [1.165, 1.54) is 48.5 Å². The van der Waals surface area contributed by atoms with E-state index in [4.69, 9.17) is 9.11 Å². The Labute approximate surface area is 261 Å². The van der Waals surface area contributed by atoms with Gasteiger partial charge in [-0.2, -0.15) is 27.1 Å². The van der Waals surface area contributed by atoms with Crippen molar-refractivity contribution in [2.45, 2.75) is 19.6 Å². The smallest absolute Gasteiger partial charge is 0.294 e. The molecular weight excluding hydrogens is 623 g/mol. The summed E-state index contributed by atoms with van der Waals surface area (Å²) in [6, 6.07) is 16.2. The van der Waals surface area contributed by atoms with Crippen LogP contribution >= 0.6 is 0 Å². The van der Waals surface area contributed by atoms with Crippen molar-refractivity contribution < 1.29 is 44.6 Å².